The molecule has 1 heterocycles. The maximum atomic E-state index is 13.4. The molecule has 3 aromatic rings. The van der Waals surface area contributed by atoms with E-state index in [4.69, 9.17) is 18.9 Å². The van der Waals surface area contributed by atoms with E-state index in [0.717, 1.165) is 11.1 Å². The van der Waals surface area contributed by atoms with Gasteiger partial charge in [-0.3, -0.25) is 4.79 Å². The van der Waals surface area contributed by atoms with E-state index in [-0.39, 0.29) is 32.4 Å². The van der Waals surface area contributed by atoms with Gasteiger partial charge in [-0.1, -0.05) is 60.7 Å². The molecule has 0 saturated carbocycles. The van der Waals surface area contributed by atoms with Gasteiger partial charge in [0.25, 0.3) is 0 Å². The molecule has 0 saturated heterocycles. The molecule has 0 aliphatic carbocycles. The van der Waals surface area contributed by atoms with E-state index in [2.05, 4.69) is 9.97 Å². The Balaban J connectivity index is 2.13. The lowest BCUT2D eigenvalue weighted by atomic mass is 9.75. The molecule has 0 bridgehead atoms. The van der Waals surface area contributed by atoms with Crippen molar-refractivity contribution in [2.75, 3.05) is 33.5 Å². The fourth-order valence-electron chi connectivity index (χ4n) is 3.85. The number of methoxy groups -OCH3 is 1. The molecule has 0 unspecified atom stereocenters. The highest BCUT2D eigenvalue weighted by molar-refractivity contribution is 5.76. The maximum Gasteiger partial charge on any atom is 0.319 e. The van der Waals surface area contributed by atoms with Crippen LogP contribution < -0.4 is 9.47 Å². The number of benzene rings is 2. The van der Waals surface area contributed by atoms with Gasteiger partial charge in [-0.2, -0.15) is 4.98 Å². The number of carbonyl (C=O) groups excluding carboxylic acids is 1. The molecule has 0 radical (unpaired) electrons. The Morgan fingerprint density at radius 2 is 1.65 bits per heavy atom. The van der Waals surface area contributed by atoms with E-state index in [1.54, 1.807) is 19.9 Å². The summed E-state index contributed by atoms with van der Waals surface area (Å²) < 4.78 is 23.0. The lowest BCUT2D eigenvalue weighted by Gasteiger charge is -2.40. The zero-order valence-electron chi connectivity index (χ0n) is 19.6. The third-order valence-corrected chi connectivity index (χ3v) is 5.29. The van der Waals surface area contributed by atoms with Crippen molar-refractivity contribution in [1.29, 1.82) is 0 Å². The second kappa shape index (κ2) is 12.1. The summed E-state index contributed by atoms with van der Waals surface area (Å²) in [6.07, 6.45) is 0. The molecule has 1 N–H and O–H groups in total. The zero-order chi connectivity index (χ0) is 24.4. The smallest absolute Gasteiger partial charge is 0.319 e. The number of aliphatic hydroxyl groups excluding tert-OH is 1. The van der Waals surface area contributed by atoms with Crippen LogP contribution in [-0.2, 0) is 19.9 Å². The summed E-state index contributed by atoms with van der Waals surface area (Å²) in [5.74, 6) is -1.10. The van der Waals surface area contributed by atoms with Crippen molar-refractivity contribution in [2.45, 2.75) is 19.4 Å². The van der Waals surface area contributed by atoms with Crippen molar-refractivity contribution in [2.24, 2.45) is 5.92 Å². The predicted molar refractivity (Wildman–Crippen MR) is 126 cm³/mol. The molecule has 0 aliphatic heterocycles. The summed E-state index contributed by atoms with van der Waals surface area (Å²) >= 11 is 0. The molecule has 180 valence electrons. The van der Waals surface area contributed by atoms with Gasteiger partial charge in [-0.05, 0) is 25.0 Å². The molecule has 2 aromatic carbocycles. The fourth-order valence-corrected chi connectivity index (χ4v) is 3.85. The topological polar surface area (TPSA) is 100 Å². The highest BCUT2D eigenvalue weighted by Gasteiger charge is 2.49. The SMILES string of the molecule is CCOC(=O)[C@@H](COc1nc(C)cc(OC)n1)C(OCCO)(c1ccccc1)c1ccccc1. The van der Waals surface area contributed by atoms with Crippen molar-refractivity contribution >= 4 is 5.97 Å². The lowest BCUT2D eigenvalue weighted by Crippen LogP contribution is -2.47. The molecular weight excluding hydrogens is 436 g/mol. The molecule has 0 amide bonds. The number of nitrogens with zero attached hydrogens (tertiary/aromatic N) is 2. The highest BCUT2D eigenvalue weighted by atomic mass is 16.6. The van der Waals surface area contributed by atoms with Crippen molar-refractivity contribution < 1.29 is 28.8 Å². The number of aliphatic hydroxyl groups is 1. The van der Waals surface area contributed by atoms with E-state index in [0.29, 0.717) is 11.6 Å². The number of hydrogen-bond acceptors (Lipinski definition) is 8. The number of ether oxygens (including phenoxy) is 4. The molecule has 1 atom stereocenters. The van der Waals surface area contributed by atoms with Gasteiger partial charge in [0.05, 0.1) is 26.9 Å². The van der Waals surface area contributed by atoms with Crippen molar-refractivity contribution in [3.63, 3.8) is 0 Å². The standard InChI is InChI=1S/C26H30N2O6/c1-4-32-24(30)22(18-33-25-27-19(2)17-23(28-25)31-3)26(34-16-15-29,20-11-7-5-8-12-20)21-13-9-6-10-14-21/h5-14,17,22,29H,4,15-16,18H2,1-3H3/t22-/m1/s1. The Kier molecular flexibility index (Phi) is 8.95. The van der Waals surface area contributed by atoms with Crippen LogP contribution in [0.2, 0.25) is 0 Å². The first kappa shape index (κ1) is 25.1. The monoisotopic (exact) mass is 466 g/mol. The minimum Gasteiger partial charge on any atom is -0.481 e. The van der Waals surface area contributed by atoms with Crippen LogP contribution in [0.15, 0.2) is 66.7 Å². The molecule has 0 fully saturated rings. The second-order valence-corrected chi connectivity index (χ2v) is 7.49. The second-order valence-electron chi connectivity index (χ2n) is 7.49. The van der Waals surface area contributed by atoms with E-state index in [1.165, 1.54) is 7.11 Å². The molecule has 0 aliphatic rings. The van der Waals surface area contributed by atoms with Gasteiger partial charge < -0.3 is 24.1 Å². The maximum absolute atomic E-state index is 13.4. The molecule has 8 nitrogen and oxygen atoms in total. The van der Waals surface area contributed by atoms with Crippen LogP contribution in [0.5, 0.6) is 11.9 Å². The van der Waals surface area contributed by atoms with E-state index in [9.17, 15) is 9.90 Å². The van der Waals surface area contributed by atoms with Crippen LogP contribution in [0.4, 0.5) is 0 Å². The minimum absolute atomic E-state index is 0.00549. The van der Waals surface area contributed by atoms with Gasteiger partial charge in [0, 0.05) is 11.8 Å². The Bertz CT molecular complexity index is 1010. The largest absolute Gasteiger partial charge is 0.481 e. The Labute approximate surface area is 199 Å². The van der Waals surface area contributed by atoms with Gasteiger partial charge in [0.2, 0.25) is 5.88 Å². The first-order chi connectivity index (χ1) is 16.5. The summed E-state index contributed by atoms with van der Waals surface area (Å²) in [7, 11) is 1.51. The van der Waals surface area contributed by atoms with Crippen LogP contribution in [0, 0.1) is 12.8 Å². The number of rotatable bonds is 12. The van der Waals surface area contributed by atoms with E-state index < -0.39 is 17.5 Å². The first-order valence-corrected chi connectivity index (χ1v) is 11.1. The Hall–Kier alpha value is -3.49. The van der Waals surface area contributed by atoms with Gasteiger partial charge in [0.1, 0.15) is 18.1 Å². The molecule has 1 aromatic heterocycles. The number of hydrogen-bond donors (Lipinski definition) is 1. The van der Waals surface area contributed by atoms with Crippen LogP contribution in [0.3, 0.4) is 0 Å². The Morgan fingerprint density at radius 1 is 1.03 bits per heavy atom. The van der Waals surface area contributed by atoms with Gasteiger partial charge in [-0.15, -0.1) is 0 Å². The summed E-state index contributed by atoms with van der Waals surface area (Å²) in [5.41, 5.74) is 0.798. The van der Waals surface area contributed by atoms with Gasteiger partial charge in [-0.25, -0.2) is 4.98 Å². The number of carbonyl (C=O) groups is 1. The van der Waals surface area contributed by atoms with E-state index >= 15 is 0 Å². The lowest BCUT2D eigenvalue weighted by molar-refractivity contribution is -0.165. The number of esters is 1. The summed E-state index contributed by atoms with van der Waals surface area (Å²) in [5, 5.41) is 9.64. The fraction of sp³-hybridized carbons (Fsp3) is 0.346. The van der Waals surface area contributed by atoms with Crippen LogP contribution >= 0.6 is 0 Å². The van der Waals surface area contributed by atoms with Crippen molar-refractivity contribution in [3.05, 3.63) is 83.6 Å². The van der Waals surface area contributed by atoms with Crippen LogP contribution in [0.1, 0.15) is 23.7 Å². The van der Waals surface area contributed by atoms with Crippen LogP contribution in [-0.4, -0.2) is 54.6 Å². The Morgan fingerprint density at radius 3 is 2.18 bits per heavy atom. The molecule has 3 rings (SSSR count). The van der Waals surface area contributed by atoms with Crippen molar-refractivity contribution in [1.82, 2.24) is 9.97 Å². The number of aryl methyl sites for hydroxylation is 1. The molecule has 34 heavy (non-hydrogen) atoms. The van der Waals surface area contributed by atoms with Crippen LogP contribution in [0.25, 0.3) is 0 Å². The average Bonchev–Trinajstić information content (AvgIpc) is 2.87. The van der Waals surface area contributed by atoms with Gasteiger partial charge in [0.15, 0.2) is 0 Å². The van der Waals surface area contributed by atoms with Crippen molar-refractivity contribution in [3.8, 4) is 11.9 Å². The first-order valence-electron chi connectivity index (χ1n) is 11.1. The molecular formula is C26H30N2O6. The average molecular weight is 467 g/mol. The third kappa shape index (κ3) is 5.70. The summed E-state index contributed by atoms with van der Waals surface area (Å²) in [6, 6.07) is 20.5. The summed E-state index contributed by atoms with van der Waals surface area (Å²) in [6.45, 7) is 3.35. The number of aromatic nitrogens is 2. The summed E-state index contributed by atoms with van der Waals surface area (Å²) in [4.78, 5) is 21.9. The third-order valence-electron chi connectivity index (χ3n) is 5.29. The van der Waals surface area contributed by atoms with E-state index in [1.807, 2.05) is 60.7 Å². The van der Waals surface area contributed by atoms with Gasteiger partial charge >= 0.3 is 12.0 Å². The molecule has 0 spiro atoms. The normalized spacial score (nSPS) is 12.1. The minimum atomic E-state index is -1.30. The molecule has 8 heteroatoms. The highest BCUT2D eigenvalue weighted by Crippen LogP contribution is 2.42. The zero-order valence-corrected chi connectivity index (χ0v) is 19.6. The predicted octanol–water partition coefficient (Wildman–Crippen LogP) is 3.30. The quantitative estimate of drug-likeness (QED) is 0.406.